The first-order valence-corrected chi connectivity index (χ1v) is 14.3. The molecule has 1 fully saturated rings. The van der Waals surface area contributed by atoms with Gasteiger partial charge in [0.05, 0.1) is 24.3 Å². The van der Waals surface area contributed by atoms with Gasteiger partial charge in [-0.05, 0) is 52.0 Å². The van der Waals surface area contributed by atoms with Crippen LogP contribution in [-0.2, 0) is 34.9 Å². The van der Waals surface area contributed by atoms with Crippen molar-refractivity contribution in [2.75, 3.05) is 0 Å². The van der Waals surface area contributed by atoms with E-state index in [0.717, 1.165) is 5.56 Å². The number of aliphatic carboxylic acids is 2. The predicted octanol–water partition coefficient (Wildman–Crippen LogP) is 3.37. The van der Waals surface area contributed by atoms with E-state index in [1.807, 2.05) is 19.9 Å². The molecule has 2 amide bonds. The van der Waals surface area contributed by atoms with Crippen LogP contribution in [0.4, 0.5) is 0 Å². The zero-order valence-corrected chi connectivity index (χ0v) is 25.4. The molecule has 0 aliphatic carbocycles. The second kappa shape index (κ2) is 14.1. The van der Waals surface area contributed by atoms with Crippen molar-refractivity contribution in [3.05, 3.63) is 68.6 Å². The van der Waals surface area contributed by atoms with Crippen LogP contribution in [0.2, 0.25) is 0 Å². The van der Waals surface area contributed by atoms with Gasteiger partial charge in [0.15, 0.2) is 5.60 Å². The Labute approximate surface area is 253 Å². The Morgan fingerprint density at radius 3 is 2.20 bits per heavy atom. The van der Waals surface area contributed by atoms with Crippen LogP contribution in [-0.4, -0.2) is 64.6 Å². The first-order valence-electron chi connectivity index (χ1n) is 12.7. The normalized spacial score (nSPS) is 15.6. The van der Waals surface area contributed by atoms with Gasteiger partial charge in [0.1, 0.15) is 6.04 Å². The number of nitrogens with one attached hydrogen (secondary N) is 2. The standard InChI is InChI=1S/C27H29BBr2N2O9/c1-15(2)10-21(28-40-26(39)27(41-28,13-22(33)34)14-23(35)36)32-25(38)20(11-16-6-4-3-5-7-16)31-24(37)18-12-17(29)8-9-19(18)30/h3-9,12,15,20-21H,10-11,13-14H2,1-2H3,(H,31,37)(H,32,38)(H,33,34)(H,35,36)/t20?,21-/m0/s1. The highest BCUT2D eigenvalue weighted by Gasteiger charge is 2.58. The monoisotopic (exact) mass is 694 g/mol. The Morgan fingerprint density at radius 1 is 0.976 bits per heavy atom. The zero-order chi connectivity index (χ0) is 30.3. The summed E-state index contributed by atoms with van der Waals surface area (Å²) in [5.41, 5.74) is -1.18. The summed E-state index contributed by atoms with van der Waals surface area (Å²) in [4.78, 5) is 62.6. The lowest BCUT2D eigenvalue weighted by Crippen LogP contribution is -2.55. The molecule has 0 bridgehead atoms. The van der Waals surface area contributed by atoms with E-state index in [9.17, 15) is 34.2 Å². The number of carbonyl (C=O) groups is 5. The van der Waals surface area contributed by atoms with Crippen LogP contribution in [0.25, 0.3) is 0 Å². The van der Waals surface area contributed by atoms with E-state index in [2.05, 4.69) is 42.5 Å². The van der Waals surface area contributed by atoms with Crippen molar-refractivity contribution in [3.63, 3.8) is 0 Å². The summed E-state index contributed by atoms with van der Waals surface area (Å²) in [7, 11) is -1.44. The summed E-state index contributed by atoms with van der Waals surface area (Å²) in [6, 6.07) is 13.0. The smallest absolute Gasteiger partial charge is 0.506 e. The second-order valence-corrected chi connectivity index (χ2v) is 11.9. The van der Waals surface area contributed by atoms with Crippen molar-refractivity contribution in [2.24, 2.45) is 5.92 Å². The Morgan fingerprint density at radius 2 is 1.61 bits per heavy atom. The molecule has 0 radical (unpaired) electrons. The molecule has 4 N–H and O–H groups in total. The fourth-order valence-electron chi connectivity index (χ4n) is 4.45. The fraction of sp³-hybridized carbons (Fsp3) is 0.370. The van der Waals surface area contributed by atoms with Crippen LogP contribution in [0.5, 0.6) is 0 Å². The van der Waals surface area contributed by atoms with Crippen LogP contribution in [0.15, 0.2) is 57.5 Å². The van der Waals surface area contributed by atoms with Crippen LogP contribution in [0.1, 0.15) is 49.0 Å². The van der Waals surface area contributed by atoms with Gasteiger partial charge >= 0.3 is 25.0 Å². The van der Waals surface area contributed by atoms with Crippen LogP contribution in [0, 0.1) is 5.92 Å². The maximum atomic E-state index is 13.7. The molecule has 11 nitrogen and oxygen atoms in total. The van der Waals surface area contributed by atoms with Gasteiger partial charge in [-0.15, -0.1) is 0 Å². The van der Waals surface area contributed by atoms with Crippen molar-refractivity contribution >= 4 is 68.7 Å². The Hall–Kier alpha value is -3.23. The molecule has 2 aromatic rings. The Kier molecular flexibility index (Phi) is 11.1. The molecule has 0 aromatic heterocycles. The molecular formula is C27H29BBr2N2O9. The summed E-state index contributed by atoms with van der Waals surface area (Å²) in [6.07, 6.45) is -1.48. The summed E-state index contributed by atoms with van der Waals surface area (Å²) in [5.74, 6) is -6.16. The number of amides is 2. The summed E-state index contributed by atoms with van der Waals surface area (Å²) in [6.45, 7) is 3.71. The first kappa shape index (κ1) is 32.3. The van der Waals surface area contributed by atoms with Crippen molar-refractivity contribution in [3.8, 4) is 0 Å². The van der Waals surface area contributed by atoms with E-state index >= 15 is 0 Å². The summed E-state index contributed by atoms with van der Waals surface area (Å²) >= 11 is 6.70. The molecule has 1 heterocycles. The van der Waals surface area contributed by atoms with Gasteiger partial charge in [-0.1, -0.05) is 60.1 Å². The second-order valence-electron chi connectivity index (χ2n) is 10.1. The molecule has 2 atom stereocenters. The Balaban J connectivity index is 1.88. The third-order valence-corrected chi connectivity index (χ3v) is 7.45. The number of rotatable bonds is 13. The van der Waals surface area contributed by atoms with Gasteiger partial charge in [0.2, 0.25) is 5.91 Å². The number of carbonyl (C=O) groups excluding carboxylic acids is 3. The number of halogens is 2. The zero-order valence-electron chi connectivity index (χ0n) is 22.3. The Bertz CT molecular complexity index is 1290. The van der Waals surface area contributed by atoms with E-state index in [1.54, 1.807) is 42.5 Å². The van der Waals surface area contributed by atoms with Crippen molar-refractivity contribution < 1.29 is 43.5 Å². The lowest BCUT2D eigenvalue weighted by molar-refractivity contribution is -0.157. The molecule has 1 aliphatic rings. The minimum atomic E-state index is -2.24. The molecule has 3 rings (SSSR count). The molecular weight excluding hydrogens is 667 g/mol. The van der Waals surface area contributed by atoms with Gasteiger partial charge in [-0.3, -0.25) is 24.0 Å². The quantitative estimate of drug-likeness (QED) is 0.230. The van der Waals surface area contributed by atoms with Crippen molar-refractivity contribution in [1.82, 2.24) is 10.6 Å². The lowest BCUT2D eigenvalue weighted by Gasteiger charge is -2.26. The number of benzene rings is 2. The summed E-state index contributed by atoms with van der Waals surface area (Å²) in [5, 5.41) is 24.2. The molecule has 0 saturated carbocycles. The first-order chi connectivity index (χ1) is 19.3. The van der Waals surface area contributed by atoms with Crippen LogP contribution in [0.3, 0.4) is 0 Å². The maximum Gasteiger partial charge on any atom is 0.552 e. The third kappa shape index (κ3) is 8.88. The average molecular weight is 696 g/mol. The molecule has 1 unspecified atom stereocenters. The van der Waals surface area contributed by atoms with Gasteiger partial charge < -0.3 is 30.2 Å². The molecule has 1 aliphatic heterocycles. The fourth-order valence-corrected chi connectivity index (χ4v) is 5.23. The van der Waals surface area contributed by atoms with E-state index < -0.39 is 67.3 Å². The largest absolute Gasteiger partial charge is 0.552 e. The average Bonchev–Trinajstić information content (AvgIpc) is 3.18. The molecule has 41 heavy (non-hydrogen) atoms. The summed E-state index contributed by atoms with van der Waals surface area (Å²) < 4.78 is 12.2. The molecule has 1 saturated heterocycles. The van der Waals surface area contributed by atoms with Gasteiger partial charge in [0.25, 0.3) is 5.91 Å². The minimum absolute atomic E-state index is 0.0451. The highest BCUT2D eigenvalue weighted by Crippen LogP contribution is 2.32. The topological polar surface area (TPSA) is 168 Å². The SMILES string of the molecule is CC(C)C[C@H](NC(=O)C(Cc1ccccc1)NC(=O)c1cc(Br)ccc1Br)B1OC(=O)C(CC(=O)O)(CC(=O)O)O1. The number of carboxylic acids is 2. The molecule has 0 spiro atoms. The van der Waals surface area contributed by atoms with E-state index in [1.165, 1.54) is 0 Å². The van der Waals surface area contributed by atoms with Gasteiger partial charge in [0, 0.05) is 15.4 Å². The van der Waals surface area contributed by atoms with Gasteiger partial charge in [-0.2, -0.15) is 0 Å². The van der Waals surface area contributed by atoms with Crippen LogP contribution < -0.4 is 10.6 Å². The van der Waals surface area contributed by atoms with Crippen molar-refractivity contribution in [2.45, 2.75) is 57.1 Å². The molecule has 14 heteroatoms. The molecule has 218 valence electrons. The van der Waals surface area contributed by atoms with E-state index in [0.29, 0.717) is 14.5 Å². The van der Waals surface area contributed by atoms with E-state index in [4.69, 9.17) is 9.31 Å². The highest BCUT2D eigenvalue weighted by atomic mass is 79.9. The highest BCUT2D eigenvalue weighted by molar-refractivity contribution is 9.11. The lowest BCUT2D eigenvalue weighted by atomic mass is 9.73. The van der Waals surface area contributed by atoms with Gasteiger partial charge in [-0.25, -0.2) is 0 Å². The number of hydrogen-bond donors (Lipinski definition) is 4. The van der Waals surface area contributed by atoms with Crippen LogP contribution >= 0.6 is 31.9 Å². The van der Waals surface area contributed by atoms with Crippen molar-refractivity contribution in [1.29, 1.82) is 0 Å². The molecule has 2 aromatic carbocycles. The number of carboxylic acid groups (broad SMARTS) is 2. The maximum absolute atomic E-state index is 13.7. The predicted molar refractivity (Wildman–Crippen MR) is 155 cm³/mol. The van der Waals surface area contributed by atoms with E-state index in [-0.39, 0.29) is 18.8 Å². The minimum Gasteiger partial charge on any atom is -0.506 e. The number of hydrogen-bond acceptors (Lipinski definition) is 7. The third-order valence-electron chi connectivity index (χ3n) is 6.27.